The topological polar surface area (TPSA) is 54.9 Å². The fraction of sp³-hybridized carbons (Fsp3) is 0.353. The third-order valence-electron chi connectivity index (χ3n) is 3.57. The number of amides is 1. The zero-order valence-electron chi connectivity index (χ0n) is 13.4. The van der Waals surface area contributed by atoms with Crippen molar-refractivity contribution in [2.45, 2.75) is 44.4 Å². The third kappa shape index (κ3) is 4.07. The molecule has 1 heterocycles. The molecular weight excluding hydrogens is 294 g/mol. The average Bonchev–Trinajstić information content (AvgIpc) is 2.49. The number of thioether (sulfide) groups is 1. The maximum atomic E-state index is 12.5. The largest absolute Gasteiger partial charge is 0.325 e. The van der Waals surface area contributed by atoms with Crippen molar-refractivity contribution >= 4 is 23.4 Å². The van der Waals surface area contributed by atoms with Gasteiger partial charge in [0.05, 0.1) is 5.25 Å². The van der Waals surface area contributed by atoms with Crippen LogP contribution in [0.25, 0.3) is 0 Å². The summed E-state index contributed by atoms with van der Waals surface area (Å²) in [6.45, 7) is 7.99. The Kier molecular flexibility index (Phi) is 5.55. The van der Waals surface area contributed by atoms with E-state index in [-0.39, 0.29) is 11.2 Å². The molecule has 0 aliphatic heterocycles. The van der Waals surface area contributed by atoms with Gasteiger partial charge in [-0.3, -0.25) is 4.79 Å². The van der Waals surface area contributed by atoms with Gasteiger partial charge in [0.25, 0.3) is 0 Å². The molecule has 1 aromatic carbocycles. The van der Waals surface area contributed by atoms with Gasteiger partial charge in [0.1, 0.15) is 11.4 Å². The van der Waals surface area contributed by atoms with Gasteiger partial charge in [0.15, 0.2) is 0 Å². The smallest absolute Gasteiger partial charge is 0.237 e. The lowest BCUT2D eigenvalue weighted by molar-refractivity contribution is -0.115. The van der Waals surface area contributed by atoms with Crippen LogP contribution in [0, 0.1) is 20.8 Å². The molecule has 4 nitrogen and oxygen atoms in total. The average molecular weight is 315 g/mol. The van der Waals surface area contributed by atoms with Gasteiger partial charge in [-0.1, -0.05) is 30.8 Å². The van der Waals surface area contributed by atoms with Crippen molar-refractivity contribution in [3.05, 3.63) is 47.4 Å². The number of anilines is 1. The summed E-state index contributed by atoms with van der Waals surface area (Å²) in [7, 11) is 0. The molecule has 2 aromatic rings. The van der Waals surface area contributed by atoms with Gasteiger partial charge in [0.2, 0.25) is 5.91 Å². The van der Waals surface area contributed by atoms with E-state index in [0.717, 1.165) is 28.4 Å². The molecule has 0 saturated carbocycles. The molecule has 0 aliphatic carbocycles. The molecule has 0 aliphatic rings. The number of rotatable bonds is 5. The minimum absolute atomic E-state index is 0.0115. The number of carbonyl (C=O) groups is 1. The fourth-order valence-corrected chi connectivity index (χ4v) is 3.03. The van der Waals surface area contributed by atoms with Crippen LogP contribution < -0.4 is 5.32 Å². The van der Waals surface area contributed by atoms with Gasteiger partial charge in [-0.05, 0) is 50.5 Å². The highest BCUT2D eigenvalue weighted by Gasteiger charge is 2.19. The van der Waals surface area contributed by atoms with Crippen LogP contribution in [0.1, 0.15) is 30.2 Å². The molecule has 0 saturated heterocycles. The second kappa shape index (κ2) is 7.40. The first-order valence-electron chi connectivity index (χ1n) is 7.33. The highest BCUT2D eigenvalue weighted by atomic mass is 32.2. The van der Waals surface area contributed by atoms with Crippen LogP contribution >= 0.6 is 11.8 Å². The van der Waals surface area contributed by atoms with Gasteiger partial charge >= 0.3 is 0 Å². The Morgan fingerprint density at radius 2 is 2.05 bits per heavy atom. The predicted octanol–water partition coefficient (Wildman–Crippen LogP) is 3.91. The summed E-state index contributed by atoms with van der Waals surface area (Å²) in [4.78, 5) is 20.8. The van der Waals surface area contributed by atoms with Crippen LogP contribution in [0.15, 0.2) is 35.6 Å². The second-order valence-electron chi connectivity index (χ2n) is 5.25. The zero-order chi connectivity index (χ0) is 16.1. The lowest BCUT2D eigenvalue weighted by atomic mass is 10.1. The molecule has 1 aromatic heterocycles. The molecule has 0 fully saturated rings. The lowest BCUT2D eigenvalue weighted by Gasteiger charge is -2.16. The molecule has 1 unspecified atom stereocenters. The second-order valence-corrected chi connectivity index (χ2v) is 6.47. The SMILES string of the molecule is CCC(Sc1cc(C)ncn1)C(=O)Nc1cccc(C)c1C. The Hall–Kier alpha value is -1.88. The first-order valence-corrected chi connectivity index (χ1v) is 8.21. The van der Waals surface area contributed by atoms with Crippen LogP contribution in [0.3, 0.4) is 0 Å². The van der Waals surface area contributed by atoms with Gasteiger partial charge in [-0.15, -0.1) is 0 Å². The minimum atomic E-state index is -0.172. The van der Waals surface area contributed by atoms with E-state index in [1.165, 1.54) is 23.7 Å². The summed E-state index contributed by atoms with van der Waals surface area (Å²) < 4.78 is 0. The molecule has 1 atom stereocenters. The highest BCUT2D eigenvalue weighted by Crippen LogP contribution is 2.26. The van der Waals surface area contributed by atoms with Crippen LogP contribution in [0.2, 0.25) is 0 Å². The summed E-state index contributed by atoms with van der Waals surface area (Å²) in [5.41, 5.74) is 4.06. The van der Waals surface area contributed by atoms with Gasteiger partial charge in [-0.2, -0.15) is 0 Å². The zero-order valence-corrected chi connectivity index (χ0v) is 14.2. The number of hydrogen-bond acceptors (Lipinski definition) is 4. The quantitative estimate of drug-likeness (QED) is 0.671. The minimum Gasteiger partial charge on any atom is -0.325 e. The summed E-state index contributed by atoms with van der Waals surface area (Å²) in [5, 5.41) is 3.69. The Morgan fingerprint density at radius 1 is 1.27 bits per heavy atom. The number of nitrogens with zero attached hydrogens (tertiary/aromatic N) is 2. The van der Waals surface area contributed by atoms with E-state index in [2.05, 4.69) is 15.3 Å². The third-order valence-corrected chi connectivity index (χ3v) is 4.86. The highest BCUT2D eigenvalue weighted by molar-refractivity contribution is 8.00. The summed E-state index contributed by atoms with van der Waals surface area (Å²) >= 11 is 1.48. The molecule has 5 heteroatoms. The molecule has 116 valence electrons. The van der Waals surface area contributed by atoms with E-state index < -0.39 is 0 Å². The number of aryl methyl sites for hydroxylation is 2. The van der Waals surface area contributed by atoms with Crippen molar-refractivity contribution < 1.29 is 4.79 Å². The van der Waals surface area contributed by atoms with Crippen molar-refractivity contribution in [1.29, 1.82) is 0 Å². The molecule has 1 N–H and O–H groups in total. The van der Waals surface area contributed by atoms with E-state index in [1.54, 1.807) is 0 Å². The monoisotopic (exact) mass is 315 g/mol. The van der Waals surface area contributed by atoms with E-state index in [9.17, 15) is 4.79 Å². The van der Waals surface area contributed by atoms with Gasteiger partial charge < -0.3 is 5.32 Å². The first kappa shape index (κ1) is 16.5. The molecule has 2 rings (SSSR count). The van der Waals surface area contributed by atoms with Crippen LogP contribution in [-0.2, 0) is 4.79 Å². The maximum absolute atomic E-state index is 12.5. The number of hydrogen-bond donors (Lipinski definition) is 1. The van der Waals surface area contributed by atoms with Gasteiger partial charge in [-0.25, -0.2) is 9.97 Å². The Morgan fingerprint density at radius 3 is 2.73 bits per heavy atom. The Bertz CT molecular complexity index is 673. The summed E-state index contributed by atoms with van der Waals surface area (Å²) in [6.07, 6.45) is 2.28. The van der Waals surface area contributed by atoms with E-state index in [4.69, 9.17) is 0 Å². The van der Waals surface area contributed by atoms with E-state index in [1.807, 2.05) is 52.0 Å². The van der Waals surface area contributed by atoms with Crippen molar-refractivity contribution in [3.63, 3.8) is 0 Å². The van der Waals surface area contributed by atoms with Crippen molar-refractivity contribution in [1.82, 2.24) is 9.97 Å². The number of carbonyl (C=O) groups excluding carboxylic acids is 1. The molecule has 0 spiro atoms. The summed E-state index contributed by atoms with van der Waals surface area (Å²) in [5.74, 6) is 0.0115. The number of aromatic nitrogens is 2. The molecule has 22 heavy (non-hydrogen) atoms. The number of nitrogens with one attached hydrogen (secondary N) is 1. The normalized spacial score (nSPS) is 12.0. The standard InChI is InChI=1S/C17H21N3OS/c1-5-15(22-16-9-12(3)18-10-19-16)17(21)20-14-8-6-7-11(2)13(14)4/h6-10,15H,5H2,1-4H3,(H,20,21). The van der Waals surface area contributed by atoms with Crippen molar-refractivity contribution in [2.24, 2.45) is 0 Å². The van der Waals surface area contributed by atoms with Crippen molar-refractivity contribution in [3.8, 4) is 0 Å². The first-order chi connectivity index (χ1) is 10.5. The molecule has 0 radical (unpaired) electrons. The van der Waals surface area contributed by atoms with E-state index in [0.29, 0.717) is 0 Å². The lowest BCUT2D eigenvalue weighted by Crippen LogP contribution is -2.25. The van der Waals surface area contributed by atoms with Crippen LogP contribution in [-0.4, -0.2) is 21.1 Å². The predicted molar refractivity (Wildman–Crippen MR) is 91.3 cm³/mol. The molecule has 1 amide bonds. The van der Waals surface area contributed by atoms with Crippen LogP contribution in [0.5, 0.6) is 0 Å². The van der Waals surface area contributed by atoms with E-state index >= 15 is 0 Å². The Labute approximate surface area is 135 Å². The number of benzene rings is 1. The van der Waals surface area contributed by atoms with Crippen LogP contribution in [0.4, 0.5) is 5.69 Å². The summed E-state index contributed by atoms with van der Waals surface area (Å²) in [6, 6.07) is 7.84. The molecular formula is C17H21N3OS. The Balaban J connectivity index is 2.10. The fourth-order valence-electron chi connectivity index (χ4n) is 2.06. The maximum Gasteiger partial charge on any atom is 0.237 e. The van der Waals surface area contributed by atoms with Crippen molar-refractivity contribution in [2.75, 3.05) is 5.32 Å². The molecule has 0 bridgehead atoms. The van der Waals surface area contributed by atoms with Gasteiger partial charge in [0, 0.05) is 11.4 Å².